The number of hydrogen-bond acceptors (Lipinski definition) is 5. The van der Waals surface area contributed by atoms with E-state index in [4.69, 9.17) is 4.74 Å². The molecule has 0 radical (unpaired) electrons. The molecule has 6 heteroatoms. The molecule has 0 fully saturated rings. The van der Waals surface area contributed by atoms with E-state index >= 15 is 0 Å². The van der Waals surface area contributed by atoms with Crippen LogP contribution in [0.25, 0.3) is 5.69 Å². The van der Waals surface area contributed by atoms with Crippen LogP contribution in [0.4, 0.5) is 0 Å². The highest BCUT2D eigenvalue weighted by molar-refractivity contribution is 5.44. The van der Waals surface area contributed by atoms with Crippen molar-refractivity contribution in [3.05, 3.63) is 35.2 Å². The summed E-state index contributed by atoms with van der Waals surface area (Å²) in [4.78, 5) is 0. The van der Waals surface area contributed by atoms with E-state index in [9.17, 15) is 0 Å². The fraction of sp³-hybridized carbons (Fsp3) is 0.500. The third-order valence-electron chi connectivity index (χ3n) is 3.44. The van der Waals surface area contributed by atoms with Crippen LogP contribution in [0, 0.1) is 13.8 Å². The lowest BCUT2D eigenvalue weighted by Gasteiger charge is -2.15. The summed E-state index contributed by atoms with van der Waals surface area (Å²) in [5.41, 5.74) is 3.43. The minimum Gasteiger partial charge on any atom is -0.383 e. The highest BCUT2D eigenvalue weighted by Crippen LogP contribution is 2.19. The molecule has 108 valence electrons. The van der Waals surface area contributed by atoms with Gasteiger partial charge in [0.15, 0.2) is 5.82 Å². The van der Waals surface area contributed by atoms with Crippen molar-refractivity contribution in [3.63, 3.8) is 0 Å². The third-order valence-corrected chi connectivity index (χ3v) is 3.44. The van der Waals surface area contributed by atoms with Crippen LogP contribution < -0.4 is 5.32 Å². The largest absolute Gasteiger partial charge is 0.383 e. The average molecular weight is 275 g/mol. The van der Waals surface area contributed by atoms with Crippen LogP contribution in [0.15, 0.2) is 18.2 Å². The zero-order valence-electron chi connectivity index (χ0n) is 12.4. The van der Waals surface area contributed by atoms with Crippen LogP contribution in [0.5, 0.6) is 0 Å². The number of benzene rings is 1. The summed E-state index contributed by atoms with van der Waals surface area (Å²) in [7, 11) is 1.69. The van der Waals surface area contributed by atoms with Gasteiger partial charge in [-0.2, -0.15) is 4.68 Å². The van der Waals surface area contributed by atoms with E-state index in [0.29, 0.717) is 6.61 Å². The van der Waals surface area contributed by atoms with Gasteiger partial charge in [-0.15, -0.1) is 5.10 Å². The van der Waals surface area contributed by atoms with E-state index in [0.717, 1.165) is 18.1 Å². The summed E-state index contributed by atoms with van der Waals surface area (Å²) in [5.74, 6) is 0.801. The number of aryl methyl sites for hydroxylation is 1. The van der Waals surface area contributed by atoms with Gasteiger partial charge in [0.25, 0.3) is 0 Å². The minimum absolute atomic E-state index is 0.0556. The molecule has 6 nitrogen and oxygen atoms in total. The molecule has 0 bridgehead atoms. The number of ether oxygens (including phenoxy) is 1. The number of hydrogen-bond donors (Lipinski definition) is 1. The van der Waals surface area contributed by atoms with Gasteiger partial charge in [0.2, 0.25) is 0 Å². The van der Waals surface area contributed by atoms with Crippen molar-refractivity contribution in [3.8, 4) is 5.69 Å². The first-order chi connectivity index (χ1) is 9.65. The predicted molar refractivity (Wildman–Crippen MR) is 76.9 cm³/mol. The summed E-state index contributed by atoms with van der Waals surface area (Å²) < 4.78 is 6.84. The molecule has 0 saturated carbocycles. The molecule has 20 heavy (non-hydrogen) atoms. The molecule has 1 aromatic carbocycles. The fourth-order valence-corrected chi connectivity index (χ4v) is 2.07. The monoisotopic (exact) mass is 275 g/mol. The Morgan fingerprint density at radius 1 is 1.35 bits per heavy atom. The molecular weight excluding hydrogens is 254 g/mol. The summed E-state index contributed by atoms with van der Waals surface area (Å²) in [6.45, 7) is 7.64. The number of aromatic nitrogens is 4. The van der Waals surface area contributed by atoms with E-state index in [2.05, 4.69) is 40.8 Å². The number of nitrogens with one attached hydrogen (secondary N) is 1. The summed E-state index contributed by atoms with van der Waals surface area (Å²) in [5, 5.41) is 15.4. The number of rotatable bonds is 6. The molecule has 1 aromatic heterocycles. The first kappa shape index (κ1) is 14.6. The van der Waals surface area contributed by atoms with E-state index in [1.807, 2.05) is 19.1 Å². The molecule has 0 aliphatic carbocycles. The van der Waals surface area contributed by atoms with Crippen LogP contribution in [0.1, 0.15) is 29.9 Å². The second-order valence-corrected chi connectivity index (χ2v) is 4.84. The van der Waals surface area contributed by atoms with Crippen LogP contribution in [-0.4, -0.2) is 40.5 Å². The molecule has 0 saturated heterocycles. The molecular formula is C14H21N5O. The SMILES string of the molecule is COCCNC(C)c1nnnn1-c1cccc(C)c1C. The van der Waals surface area contributed by atoms with E-state index in [1.165, 1.54) is 11.1 Å². The van der Waals surface area contributed by atoms with Gasteiger partial charge >= 0.3 is 0 Å². The van der Waals surface area contributed by atoms with Crippen LogP contribution in [0.3, 0.4) is 0 Å². The molecule has 1 unspecified atom stereocenters. The Labute approximate surface area is 119 Å². The van der Waals surface area contributed by atoms with E-state index in [-0.39, 0.29) is 6.04 Å². The van der Waals surface area contributed by atoms with Crippen LogP contribution >= 0.6 is 0 Å². The van der Waals surface area contributed by atoms with Gasteiger partial charge in [-0.05, 0) is 48.4 Å². The standard InChI is InChI=1S/C14H21N5O/c1-10-6-5-7-13(11(10)2)19-14(16-17-18-19)12(3)15-8-9-20-4/h5-7,12,15H,8-9H2,1-4H3. The maximum atomic E-state index is 5.04. The van der Waals surface area contributed by atoms with E-state index in [1.54, 1.807) is 11.8 Å². The van der Waals surface area contributed by atoms with Gasteiger partial charge in [-0.1, -0.05) is 12.1 Å². The van der Waals surface area contributed by atoms with E-state index < -0.39 is 0 Å². The fourth-order valence-electron chi connectivity index (χ4n) is 2.07. The first-order valence-corrected chi connectivity index (χ1v) is 6.72. The Morgan fingerprint density at radius 3 is 2.90 bits per heavy atom. The highest BCUT2D eigenvalue weighted by atomic mass is 16.5. The molecule has 0 aliphatic rings. The van der Waals surface area contributed by atoms with Crippen molar-refractivity contribution >= 4 is 0 Å². The second kappa shape index (κ2) is 6.58. The number of tetrazole rings is 1. The summed E-state index contributed by atoms with van der Waals surface area (Å²) >= 11 is 0. The lowest BCUT2D eigenvalue weighted by Crippen LogP contribution is -2.25. The Bertz CT molecular complexity index is 566. The number of nitrogens with zero attached hydrogens (tertiary/aromatic N) is 4. The third kappa shape index (κ3) is 3.02. The van der Waals surface area contributed by atoms with Gasteiger partial charge < -0.3 is 10.1 Å². The van der Waals surface area contributed by atoms with Gasteiger partial charge in [0.05, 0.1) is 18.3 Å². The molecule has 0 spiro atoms. The molecule has 1 atom stereocenters. The molecule has 1 N–H and O–H groups in total. The van der Waals surface area contributed by atoms with Gasteiger partial charge in [-0.3, -0.25) is 0 Å². The Balaban J connectivity index is 2.26. The lowest BCUT2D eigenvalue weighted by atomic mass is 10.1. The normalized spacial score (nSPS) is 12.6. The Morgan fingerprint density at radius 2 is 2.15 bits per heavy atom. The van der Waals surface area contributed by atoms with Crippen molar-refractivity contribution in [2.75, 3.05) is 20.3 Å². The Hall–Kier alpha value is -1.79. The Kier molecular flexibility index (Phi) is 4.81. The zero-order valence-corrected chi connectivity index (χ0v) is 12.4. The molecule has 1 heterocycles. The zero-order chi connectivity index (χ0) is 14.5. The van der Waals surface area contributed by atoms with Crippen molar-refractivity contribution in [2.45, 2.75) is 26.8 Å². The van der Waals surface area contributed by atoms with Crippen LogP contribution in [-0.2, 0) is 4.74 Å². The molecule has 0 aliphatic heterocycles. The topological polar surface area (TPSA) is 64.9 Å². The van der Waals surface area contributed by atoms with Crippen molar-refractivity contribution in [2.24, 2.45) is 0 Å². The quantitative estimate of drug-likeness (QED) is 0.811. The maximum Gasteiger partial charge on any atom is 0.173 e. The van der Waals surface area contributed by atoms with Gasteiger partial charge in [-0.25, -0.2) is 0 Å². The van der Waals surface area contributed by atoms with Gasteiger partial charge in [0, 0.05) is 13.7 Å². The summed E-state index contributed by atoms with van der Waals surface area (Å²) in [6.07, 6.45) is 0. The highest BCUT2D eigenvalue weighted by Gasteiger charge is 2.16. The minimum atomic E-state index is 0.0556. The molecule has 2 rings (SSSR count). The first-order valence-electron chi connectivity index (χ1n) is 6.72. The molecule has 0 amide bonds. The maximum absolute atomic E-state index is 5.04. The van der Waals surface area contributed by atoms with Crippen LogP contribution in [0.2, 0.25) is 0 Å². The average Bonchev–Trinajstić information content (AvgIpc) is 2.91. The van der Waals surface area contributed by atoms with Crippen molar-refractivity contribution in [1.29, 1.82) is 0 Å². The molecule has 2 aromatic rings. The summed E-state index contributed by atoms with van der Waals surface area (Å²) in [6, 6.07) is 6.19. The van der Waals surface area contributed by atoms with Gasteiger partial charge in [0.1, 0.15) is 0 Å². The second-order valence-electron chi connectivity index (χ2n) is 4.84. The lowest BCUT2D eigenvalue weighted by molar-refractivity contribution is 0.196. The number of methoxy groups -OCH3 is 1. The predicted octanol–water partition coefficient (Wildman–Crippen LogP) is 1.58. The smallest absolute Gasteiger partial charge is 0.173 e. The van der Waals surface area contributed by atoms with Crippen molar-refractivity contribution in [1.82, 2.24) is 25.5 Å². The van der Waals surface area contributed by atoms with Crippen molar-refractivity contribution < 1.29 is 4.74 Å².